The Kier molecular flexibility index (Phi) is 7.63. The van der Waals surface area contributed by atoms with Crippen molar-refractivity contribution in [2.24, 2.45) is 0 Å². The zero-order valence-corrected chi connectivity index (χ0v) is 18.4. The molecule has 28 heavy (non-hydrogen) atoms. The molecule has 0 aliphatic heterocycles. The molecule has 0 aromatic heterocycles. The van der Waals surface area contributed by atoms with Gasteiger partial charge < -0.3 is 15.4 Å². The van der Waals surface area contributed by atoms with Crippen LogP contribution in [0.25, 0.3) is 0 Å². The first kappa shape index (κ1) is 22.0. The zero-order valence-electron chi connectivity index (χ0n) is 16.8. The van der Waals surface area contributed by atoms with Crippen LogP contribution in [0.3, 0.4) is 0 Å². The number of rotatable bonds is 7. The summed E-state index contributed by atoms with van der Waals surface area (Å²) in [5, 5.41) is 5.77. The van der Waals surface area contributed by atoms with Crippen molar-refractivity contribution in [3.8, 4) is 5.75 Å². The van der Waals surface area contributed by atoms with Gasteiger partial charge in [-0.3, -0.25) is 9.59 Å². The van der Waals surface area contributed by atoms with Crippen molar-refractivity contribution < 1.29 is 14.3 Å². The first-order chi connectivity index (χ1) is 13.2. The van der Waals surface area contributed by atoms with Crippen molar-refractivity contribution in [1.82, 2.24) is 5.32 Å². The average Bonchev–Trinajstić information content (AvgIpc) is 2.62. The molecular formula is C22H27BrN2O3. The molecule has 0 saturated carbocycles. The fraction of sp³-hybridized carbons (Fsp3) is 0.364. The van der Waals surface area contributed by atoms with Gasteiger partial charge in [-0.25, -0.2) is 0 Å². The van der Waals surface area contributed by atoms with E-state index in [1.54, 1.807) is 36.4 Å². The van der Waals surface area contributed by atoms with E-state index < -0.39 is 0 Å². The van der Waals surface area contributed by atoms with Crippen LogP contribution in [0.1, 0.15) is 61.3 Å². The minimum absolute atomic E-state index is 0.149. The molecule has 0 fully saturated rings. The molecule has 2 aromatic carbocycles. The molecule has 0 aliphatic carbocycles. The third kappa shape index (κ3) is 6.68. The predicted octanol–water partition coefficient (Wildman–Crippen LogP) is 5.41. The van der Waals surface area contributed by atoms with Crippen LogP contribution < -0.4 is 15.4 Å². The number of hydrogen-bond donors (Lipinski definition) is 2. The molecule has 2 N–H and O–H groups in total. The van der Waals surface area contributed by atoms with Crippen LogP contribution in [0.4, 0.5) is 5.69 Å². The molecule has 0 atom stereocenters. The molecule has 2 amide bonds. The Balaban J connectivity index is 2.10. The summed E-state index contributed by atoms with van der Waals surface area (Å²) >= 11 is 3.40. The lowest BCUT2D eigenvalue weighted by molar-refractivity contribution is 0.0919. The third-order valence-corrected chi connectivity index (χ3v) is 4.33. The SMILES string of the molecule is CCCCOc1ccc(Br)cc1C(=O)Nc1ccc(C(=O)NC(C)(C)C)cc1. The van der Waals surface area contributed by atoms with E-state index >= 15 is 0 Å². The van der Waals surface area contributed by atoms with E-state index in [2.05, 4.69) is 33.5 Å². The second-order valence-corrected chi connectivity index (χ2v) is 8.49. The van der Waals surface area contributed by atoms with Crippen molar-refractivity contribution in [1.29, 1.82) is 0 Å². The van der Waals surface area contributed by atoms with Gasteiger partial charge in [-0.15, -0.1) is 0 Å². The maximum Gasteiger partial charge on any atom is 0.259 e. The maximum absolute atomic E-state index is 12.7. The highest BCUT2D eigenvalue weighted by molar-refractivity contribution is 9.10. The second kappa shape index (κ2) is 9.73. The summed E-state index contributed by atoms with van der Waals surface area (Å²) in [6.45, 7) is 8.44. The Hall–Kier alpha value is -2.34. The molecule has 2 rings (SSSR count). The smallest absolute Gasteiger partial charge is 0.259 e. The van der Waals surface area contributed by atoms with Crippen molar-refractivity contribution in [3.05, 3.63) is 58.1 Å². The van der Waals surface area contributed by atoms with E-state index in [0.29, 0.717) is 29.2 Å². The van der Waals surface area contributed by atoms with Crippen molar-refractivity contribution in [2.45, 2.75) is 46.1 Å². The Morgan fingerprint density at radius 2 is 1.71 bits per heavy atom. The third-order valence-electron chi connectivity index (χ3n) is 3.84. The molecule has 0 heterocycles. The minimum Gasteiger partial charge on any atom is -0.493 e. The molecule has 150 valence electrons. The van der Waals surface area contributed by atoms with Gasteiger partial charge in [0.15, 0.2) is 0 Å². The Morgan fingerprint density at radius 1 is 1.04 bits per heavy atom. The lowest BCUT2D eigenvalue weighted by Crippen LogP contribution is -2.40. The summed E-state index contributed by atoms with van der Waals surface area (Å²) in [4.78, 5) is 24.9. The van der Waals surface area contributed by atoms with E-state index in [1.165, 1.54) is 0 Å². The summed E-state index contributed by atoms with van der Waals surface area (Å²) < 4.78 is 6.55. The molecule has 0 unspecified atom stereocenters. The van der Waals surface area contributed by atoms with Gasteiger partial charge in [0.1, 0.15) is 5.75 Å². The van der Waals surface area contributed by atoms with Gasteiger partial charge in [-0.2, -0.15) is 0 Å². The second-order valence-electron chi connectivity index (χ2n) is 7.58. The quantitative estimate of drug-likeness (QED) is 0.558. The normalized spacial score (nSPS) is 11.0. The van der Waals surface area contributed by atoms with Crippen LogP contribution in [0.5, 0.6) is 5.75 Å². The van der Waals surface area contributed by atoms with E-state index in [9.17, 15) is 9.59 Å². The fourth-order valence-electron chi connectivity index (χ4n) is 2.45. The number of ether oxygens (including phenoxy) is 1. The van der Waals surface area contributed by atoms with Gasteiger partial charge in [-0.1, -0.05) is 29.3 Å². The van der Waals surface area contributed by atoms with E-state index in [4.69, 9.17) is 4.74 Å². The summed E-state index contributed by atoms with van der Waals surface area (Å²) in [7, 11) is 0. The minimum atomic E-state index is -0.307. The predicted molar refractivity (Wildman–Crippen MR) is 116 cm³/mol. The Morgan fingerprint density at radius 3 is 2.32 bits per heavy atom. The van der Waals surface area contributed by atoms with Crippen LogP contribution in [0, 0.1) is 0 Å². The standard InChI is InChI=1S/C22H27BrN2O3/c1-5-6-13-28-19-12-9-16(23)14-18(19)21(27)24-17-10-7-15(8-11-17)20(26)25-22(2,3)4/h7-12,14H,5-6,13H2,1-4H3,(H,24,27)(H,25,26). The number of amides is 2. The number of nitrogens with one attached hydrogen (secondary N) is 2. The molecule has 0 aliphatic rings. The zero-order chi connectivity index (χ0) is 20.7. The van der Waals surface area contributed by atoms with Gasteiger partial charge in [-0.05, 0) is 69.7 Å². The van der Waals surface area contributed by atoms with Crippen molar-refractivity contribution >= 4 is 33.4 Å². The van der Waals surface area contributed by atoms with Crippen molar-refractivity contribution in [2.75, 3.05) is 11.9 Å². The molecular weight excluding hydrogens is 420 g/mol. The summed E-state index contributed by atoms with van der Waals surface area (Å²) in [5.41, 5.74) is 1.30. The highest BCUT2D eigenvalue weighted by Gasteiger charge is 2.16. The van der Waals surface area contributed by atoms with Crippen LogP contribution in [-0.2, 0) is 0 Å². The van der Waals surface area contributed by atoms with Gasteiger partial charge in [0.2, 0.25) is 0 Å². The number of halogens is 1. The first-order valence-corrected chi connectivity index (χ1v) is 10.1. The lowest BCUT2D eigenvalue weighted by Gasteiger charge is -2.20. The molecule has 0 spiro atoms. The highest BCUT2D eigenvalue weighted by atomic mass is 79.9. The van der Waals surface area contributed by atoms with E-state index in [0.717, 1.165) is 17.3 Å². The highest BCUT2D eigenvalue weighted by Crippen LogP contribution is 2.25. The number of carbonyl (C=O) groups excluding carboxylic acids is 2. The Labute approximate surface area is 175 Å². The number of carbonyl (C=O) groups is 2. The van der Waals surface area contributed by atoms with Gasteiger partial charge in [0, 0.05) is 21.3 Å². The summed E-state index contributed by atoms with van der Waals surface area (Å²) in [5.74, 6) is 0.138. The van der Waals surface area contributed by atoms with Crippen LogP contribution in [-0.4, -0.2) is 24.0 Å². The summed E-state index contributed by atoms with van der Waals surface area (Å²) in [6.07, 6.45) is 1.95. The number of benzene rings is 2. The molecule has 0 radical (unpaired) electrons. The average molecular weight is 447 g/mol. The number of unbranched alkanes of at least 4 members (excludes halogenated alkanes) is 1. The van der Waals surface area contributed by atoms with Crippen LogP contribution in [0.15, 0.2) is 46.9 Å². The maximum atomic E-state index is 12.7. The van der Waals surface area contributed by atoms with E-state index in [-0.39, 0.29) is 17.4 Å². The first-order valence-electron chi connectivity index (χ1n) is 9.36. The van der Waals surface area contributed by atoms with Gasteiger partial charge in [0.05, 0.1) is 12.2 Å². The van der Waals surface area contributed by atoms with Gasteiger partial charge in [0.25, 0.3) is 11.8 Å². The topological polar surface area (TPSA) is 67.4 Å². The summed E-state index contributed by atoms with van der Waals surface area (Å²) in [6, 6.07) is 12.2. The lowest BCUT2D eigenvalue weighted by atomic mass is 10.1. The molecule has 5 nitrogen and oxygen atoms in total. The Bertz CT molecular complexity index is 827. The fourth-order valence-corrected chi connectivity index (χ4v) is 2.81. The molecule has 0 bridgehead atoms. The molecule has 2 aromatic rings. The van der Waals surface area contributed by atoms with Gasteiger partial charge >= 0.3 is 0 Å². The molecule has 6 heteroatoms. The van der Waals surface area contributed by atoms with Crippen LogP contribution in [0.2, 0.25) is 0 Å². The van der Waals surface area contributed by atoms with Crippen molar-refractivity contribution in [3.63, 3.8) is 0 Å². The number of hydrogen-bond acceptors (Lipinski definition) is 3. The van der Waals surface area contributed by atoms with Crippen LogP contribution >= 0.6 is 15.9 Å². The molecule has 0 saturated heterocycles. The number of anilines is 1. The largest absolute Gasteiger partial charge is 0.493 e. The van der Waals surface area contributed by atoms with E-state index in [1.807, 2.05) is 26.8 Å². The monoisotopic (exact) mass is 446 g/mol.